The fraction of sp³-hybridized carbons (Fsp3) is 0.636. The molecule has 0 N–H and O–H groups in total. The second-order valence-corrected chi connectivity index (χ2v) is 19.8. The van der Waals surface area contributed by atoms with E-state index in [2.05, 4.69) is 39.0 Å². The van der Waals surface area contributed by atoms with E-state index in [9.17, 15) is 0 Å². The molecule has 0 saturated heterocycles. The molecule has 1 aromatic carbocycles. The van der Waals surface area contributed by atoms with Gasteiger partial charge in [-0.1, -0.05) is 75.4 Å². The third-order valence-electron chi connectivity index (χ3n) is 11.7. The number of benzene rings is 1. The molecule has 42 heavy (non-hydrogen) atoms. The van der Waals surface area contributed by atoms with E-state index >= 15 is 0 Å². The summed E-state index contributed by atoms with van der Waals surface area (Å²) in [7, 11) is 0. The molecule has 0 amide bonds. The number of hydrogen-bond donors (Lipinski definition) is 0. The maximum Gasteiger partial charge on any atom is 0.0813 e. The Morgan fingerprint density at radius 3 is 0.857 bits per heavy atom. The molecule has 0 spiro atoms. The van der Waals surface area contributed by atoms with E-state index < -0.39 is 29.2 Å². The fourth-order valence-corrected chi connectivity index (χ4v) is 14.7. The summed E-state index contributed by atoms with van der Waals surface area (Å²) < 4.78 is 0. The minimum atomic E-state index is -0.634. The zero-order valence-corrected chi connectivity index (χ0v) is 30.2. The third-order valence-corrected chi connectivity index (χ3v) is 17.1. The first-order chi connectivity index (χ1) is 19.4. The zero-order valence-electron chi connectivity index (χ0n) is 23.4. The van der Waals surface area contributed by atoms with E-state index in [1.54, 1.807) is 0 Å². The van der Waals surface area contributed by atoms with Crippen LogP contribution >= 0.6 is 104 Å². The van der Waals surface area contributed by atoms with Crippen LogP contribution in [0.3, 0.4) is 0 Å². The Balaban J connectivity index is 1.31. The van der Waals surface area contributed by atoms with Crippen molar-refractivity contribution in [3.05, 3.63) is 71.3 Å². The molecule has 0 nitrogen and oxygen atoms in total. The van der Waals surface area contributed by atoms with Crippen LogP contribution in [0, 0.1) is 17.8 Å². The molecule has 0 aromatic heterocycles. The molecule has 15 atom stereocenters. The molecule has 228 valence electrons. The van der Waals surface area contributed by atoms with E-state index in [4.69, 9.17) is 104 Å². The van der Waals surface area contributed by atoms with E-state index in [0.29, 0.717) is 19.3 Å². The van der Waals surface area contributed by atoms with Gasteiger partial charge < -0.3 is 0 Å². The Hall–Kier alpha value is 1.05. The van der Waals surface area contributed by atoms with Gasteiger partial charge in [0, 0.05) is 17.8 Å². The summed E-state index contributed by atoms with van der Waals surface area (Å²) in [5.41, 5.74) is 3.46. The van der Waals surface area contributed by atoms with Crippen LogP contribution in [-0.4, -0.2) is 45.4 Å². The number of alkyl halides is 9. The molecule has 3 fully saturated rings. The van der Waals surface area contributed by atoms with Gasteiger partial charge in [0.05, 0.1) is 45.4 Å². The molecule has 6 aliphatic rings. The maximum absolute atomic E-state index is 7.22. The molecule has 9 heteroatoms. The van der Waals surface area contributed by atoms with Gasteiger partial charge in [-0.2, -0.15) is 0 Å². The quantitative estimate of drug-likeness (QED) is 0.201. The van der Waals surface area contributed by atoms with Crippen LogP contribution in [0.15, 0.2) is 54.7 Å². The van der Waals surface area contributed by atoms with E-state index in [-0.39, 0.29) is 51.6 Å². The van der Waals surface area contributed by atoms with Crippen LogP contribution in [0.5, 0.6) is 0 Å². The summed E-state index contributed by atoms with van der Waals surface area (Å²) >= 11 is 63.8. The summed E-state index contributed by atoms with van der Waals surface area (Å²) in [5.74, 6) is -0.0661. The summed E-state index contributed by atoms with van der Waals surface area (Å²) in [6, 6.07) is 6.85. The highest BCUT2D eigenvalue weighted by Gasteiger charge is 2.65. The van der Waals surface area contributed by atoms with E-state index in [1.807, 2.05) is 36.5 Å². The van der Waals surface area contributed by atoms with Crippen molar-refractivity contribution in [1.29, 1.82) is 0 Å². The van der Waals surface area contributed by atoms with E-state index in [1.165, 1.54) is 0 Å². The van der Waals surface area contributed by atoms with Crippen LogP contribution in [0.1, 0.15) is 74.5 Å². The second kappa shape index (κ2) is 9.80. The molecular weight excluding hydrogens is 715 g/mol. The van der Waals surface area contributed by atoms with Crippen molar-refractivity contribution >= 4 is 104 Å². The Bertz CT molecular complexity index is 1240. The van der Waals surface area contributed by atoms with Crippen molar-refractivity contribution in [2.24, 2.45) is 17.8 Å². The van der Waals surface area contributed by atoms with Crippen LogP contribution in [0.2, 0.25) is 0 Å². The lowest BCUT2D eigenvalue weighted by Gasteiger charge is -2.39. The SMILES string of the molecule is CC(c1cc(C(C)C2C(Cl)C3(Cl)C=CC2(Cl)C3)cc(C(C)C2C(Cl)C3(Cl)C=CC2(Cl)C3)c1)C1C(Cl)C2(Cl)C=CC1(Cl)C2. The molecule has 1 aromatic rings. The Labute approximate surface area is 294 Å². The Morgan fingerprint density at radius 2 is 0.667 bits per heavy atom. The van der Waals surface area contributed by atoms with Gasteiger partial charge in [-0.3, -0.25) is 0 Å². The Morgan fingerprint density at radius 1 is 0.452 bits per heavy atom. The van der Waals surface area contributed by atoms with E-state index in [0.717, 1.165) is 16.7 Å². The lowest BCUT2D eigenvalue weighted by atomic mass is 9.72. The van der Waals surface area contributed by atoms with Gasteiger partial charge in [0.2, 0.25) is 0 Å². The molecule has 0 heterocycles. The largest absolute Gasteiger partial charge is 0.120 e. The van der Waals surface area contributed by atoms with Crippen molar-refractivity contribution in [3.8, 4) is 0 Å². The van der Waals surface area contributed by atoms with Crippen molar-refractivity contribution in [1.82, 2.24) is 0 Å². The second-order valence-electron chi connectivity index (χ2n) is 14.2. The lowest BCUT2D eigenvalue weighted by Crippen LogP contribution is -2.38. The average Bonchev–Trinajstić information content (AvgIpc) is 3.66. The average molecular weight is 749 g/mol. The molecular formula is C33H33Cl9. The normalized spacial score (nSPS) is 53.4. The number of halogens is 9. The van der Waals surface area contributed by atoms with Crippen molar-refractivity contribution in [2.75, 3.05) is 0 Å². The fourth-order valence-electron chi connectivity index (χ4n) is 9.43. The number of allylic oxidation sites excluding steroid dienone is 6. The summed E-state index contributed by atoms with van der Waals surface area (Å²) in [6.45, 7) is 6.63. The van der Waals surface area contributed by atoms with Crippen molar-refractivity contribution < 1.29 is 0 Å². The Kier molecular flexibility index (Phi) is 7.38. The minimum Gasteiger partial charge on any atom is -0.120 e. The molecule has 0 radical (unpaired) electrons. The summed E-state index contributed by atoms with van der Waals surface area (Å²) in [4.78, 5) is -3.68. The van der Waals surface area contributed by atoms with Crippen LogP contribution in [0.4, 0.5) is 0 Å². The topological polar surface area (TPSA) is 0 Å². The first-order valence-electron chi connectivity index (χ1n) is 14.7. The minimum absolute atomic E-state index is 0.0285. The highest BCUT2D eigenvalue weighted by atomic mass is 35.5. The highest BCUT2D eigenvalue weighted by molar-refractivity contribution is 6.39. The molecule has 3 saturated carbocycles. The van der Waals surface area contributed by atoms with Gasteiger partial charge in [0.1, 0.15) is 0 Å². The highest BCUT2D eigenvalue weighted by Crippen LogP contribution is 2.65. The predicted molar refractivity (Wildman–Crippen MR) is 184 cm³/mol. The van der Waals surface area contributed by atoms with Gasteiger partial charge in [0.15, 0.2) is 0 Å². The standard InChI is InChI=1S/C33H33Cl9/c1-16(22-25(34)31(40)7-4-28(22,37)13-31)19-10-20(17(2)23-26(35)32(41)8-5-29(23,38)14-32)12-21(11-19)18(3)24-27(36)33(42)9-6-30(24,39)15-33/h4-12,16-18,22-27H,13-15H2,1-3H3. The molecule has 15 unspecified atom stereocenters. The van der Waals surface area contributed by atoms with Gasteiger partial charge in [0.25, 0.3) is 0 Å². The van der Waals surface area contributed by atoms with Gasteiger partial charge in [-0.25, -0.2) is 0 Å². The smallest absolute Gasteiger partial charge is 0.0813 e. The van der Waals surface area contributed by atoms with Crippen molar-refractivity contribution in [2.45, 2.75) is 103 Å². The van der Waals surface area contributed by atoms with Gasteiger partial charge in [-0.05, 0) is 53.7 Å². The molecule has 0 aliphatic heterocycles. The molecule has 6 bridgehead atoms. The van der Waals surface area contributed by atoms with Gasteiger partial charge >= 0.3 is 0 Å². The predicted octanol–water partition coefficient (Wildman–Crippen LogP) is 11.5. The maximum atomic E-state index is 7.22. The molecule has 6 aliphatic carbocycles. The third kappa shape index (κ3) is 4.28. The number of fused-ring (bicyclic) bond motifs is 6. The van der Waals surface area contributed by atoms with Crippen LogP contribution in [0.25, 0.3) is 0 Å². The molecule has 7 rings (SSSR count). The monoisotopic (exact) mass is 744 g/mol. The van der Waals surface area contributed by atoms with Gasteiger partial charge in [-0.15, -0.1) is 104 Å². The first kappa shape index (κ1) is 31.6. The first-order valence-corrected chi connectivity index (χ1v) is 18.3. The number of hydrogen-bond acceptors (Lipinski definition) is 0. The van der Waals surface area contributed by atoms with Crippen LogP contribution < -0.4 is 0 Å². The zero-order chi connectivity index (χ0) is 30.4. The number of rotatable bonds is 6. The lowest BCUT2D eigenvalue weighted by molar-refractivity contribution is 0.395. The van der Waals surface area contributed by atoms with Crippen LogP contribution in [-0.2, 0) is 0 Å². The summed E-state index contributed by atoms with van der Waals surface area (Å²) in [5, 5.41) is -0.892. The summed E-state index contributed by atoms with van der Waals surface area (Å²) in [6.07, 6.45) is 13.9. The van der Waals surface area contributed by atoms with Crippen molar-refractivity contribution in [3.63, 3.8) is 0 Å².